The van der Waals surface area contributed by atoms with Crippen LogP contribution >= 0.6 is 22.6 Å². The molecule has 0 radical (unpaired) electrons. The van der Waals surface area contributed by atoms with Crippen molar-refractivity contribution in [3.63, 3.8) is 0 Å². The molecule has 0 bridgehead atoms. The van der Waals surface area contributed by atoms with Gasteiger partial charge in [-0.05, 0) is 34.9 Å². The molecule has 0 spiro atoms. The first-order valence-electron chi connectivity index (χ1n) is 5.44. The number of halogens is 1. The van der Waals surface area contributed by atoms with Gasteiger partial charge in [-0.3, -0.25) is 4.68 Å². The van der Waals surface area contributed by atoms with Gasteiger partial charge >= 0.3 is 0 Å². The fourth-order valence-electron chi connectivity index (χ4n) is 1.62. The summed E-state index contributed by atoms with van der Waals surface area (Å²) in [6.45, 7) is 5.61. The van der Waals surface area contributed by atoms with E-state index in [-0.39, 0.29) is 0 Å². The quantitative estimate of drug-likeness (QED) is 0.733. The van der Waals surface area contributed by atoms with E-state index in [0.29, 0.717) is 0 Å². The molecule has 14 heavy (non-hydrogen) atoms. The molecule has 1 atom stereocenters. The highest BCUT2D eigenvalue weighted by Crippen LogP contribution is 2.15. The summed E-state index contributed by atoms with van der Waals surface area (Å²) in [5.41, 5.74) is 0. The summed E-state index contributed by atoms with van der Waals surface area (Å²) < 4.78 is 3.30. The van der Waals surface area contributed by atoms with Crippen LogP contribution in [0.5, 0.6) is 0 Å². The Kier molecular flexibility index (Phi) is 5.52. The average Bonchev–Trinajstić information content (AvgIpc) is 2.58. The van der Waals surface area contributed by atoms with Crippen LogP contribution in [0.3, 0.4) is 0 Å². The van der Waals surface area contributed by atoms with Gasteiger partial charge in [0.2, 0.25) is 0 Å². The van der Waals surface area contributed by atoms with Gasteiger partial charge in [-0.25, -0.2) is 0 Å². The first-order chi connectivity index (χ1) is 6.76. The Labute approximate surface area is 100 Å². The van der Waals surface area contributed by atoms with Crippen LogP contribution in [0, 0.1) is 9.49 Å². The van der Waals surface area contributed by atoms with E-state index in [0.717, 1.165) is 12.5 Å². The molecule has 80 valence electrons. The van der Waals surface area contributed by atoms with Gasteiger partial charge in [0.1, 0.15) is 0 Å². The highest BCUT2D eigenvalue weighted by molar-refractivity contribution is 14.1. The van der Waals surface area contributed by atoms with Crippen molar-refractivity contribution in [2.75, 3.05) is 0 Å². The third-order valence-electron chi connectivity index (χ3n) is 2.59. The molecule has 0 aromatic carbocycles. The van der Waals surface area contributed by atoms with E-state index >= 15 is 0 Å². The second-order valence-electron chi connectivity index (χ2n) is 3.80. The average molecular weight is 306 g/mol. The van der Waals surface area contributed by atoms with Gasteiger partial charge in [0.05, 0.1) is 9.77 Å². The molecular weight excluding hydrogens is 287 g/mol. The molecule has 0 saturated carbocycles. The molecule has 0 amide bonds. The summed E-state index contributed by atoms with van der Waals surface area (Å²) in [5.74, 6) is 0.797. The van der Waals surface area contributed by atoms with Crippen LogP contribution < -0.4 is 0 Å². The minimum atomic E-state index is 0.797. The van der Waals surface area contributed by atoms with Crippen LogP contribution in [0.25, 0.3) is 0 Å². The minimum absolute atomic E-state index is 0.797. The smallest absolute Gasteiger partial charge is 0.0623 e. The van der Waals surface area contributed by atoms with Gasteiger partial charge in [-0.1, -0.05) is 33.1 Å². The number of hydrogen-bond acceptors (Lipinski definition) is 1. The Morgan fingerprint density at radius 1 is 1.50 bits per heavy atom. The second kappa shape index (κ2) is 6.43. The Hall–Kier alpha value is -0.0600. The summed E-state index contributed by atoms with van der Waals surface area (Å²) in [6, 6.07) is 0. The molecule has 0 N–H and O–H groups in total. The van der Waals surface area contributed by atoms with Gasteiger partial charge in [-0.15, -0.1) is 0 Å². The summed E-state index contributed by atoms with van der Waals surface area (Å²) in [5, 5.41) is 4.32. The van der Waals surface area contributed by atoms with Crippen LogP contribution in [-0.4, -0.2) is 9.78 Å². The summed E-state index contributed by atoms with van der Waals surface area (Å²) in [7, 11) is 0. The number of hydrogen-bond donors (Lipinski definition) is 0. The topological polar surface area (TPSA) is 17.8 Å². The maximum Gasteiger partial charge on any atom is 0.0623 e. The Morgan fingerprint density at radius 2 is 2.29 bits per heavy atom. The molecule has 0 saturated heterocycles. The lowest BCUT2D eigenvalue weighted by molar-refractivity contribution is 0.372. The third-order valence-corrected chi connectivity index (χ3v) is 3.15. The highest BCUT2D eigenvalue weighted by Gasteiger charge is 2.07. The molecule has 1 rings (SSSR count). The van der Waals surface area contributed by atoms with Crippen molar-refractivity contribution in [2.24, 2.45) is 5.92 Å². The minimum Gasteiger partial charge on any atom is -0.271 e. The van der Waals surface area contributed by atoms with E-state index in [2.05, 4.69) is 52.4 Å². The van der Waals surface area contributed by atoms with Gasteiger partial charge < -0.3 is 0 Å². The first kappa shape index (κ1) is 12.0. The predicted molar refractivity (Wildman–Crippen MR) is 68.3 cm³/mol. The standard InChI is InChI=1S/C11H19IN2/c1-3-5-6-10(4-2)8-14-9-11(12)7-13-14/h7,9-10H,3-6,8H2,1-2H3. The molecule has 1 aromatic rings. The summed E-state index contributed by atoms with van der Waals surface area (Å²) >= 11 is 2.30. The van der Waals surface area contributed by atoms with E-state index in [1.165, 1.54) is 29.3 Å². The van der Waals surface area contributed by atoms with Crippen molar-refractivity contribution in [2.45, 2.75) is 46.1 Å². The number of unbranched alkanes of at least 4 members (excludes halogenated alkanes) is 1. The van der Waals surface area contributed by atoms with Crippen LogP contribution in [-0.2, 0) is 6.54 Å². The molecule has 0 fully saturated rings. The van der Waals surface area contributed by atoms with Crippen molar-refractivity contribution < 1.29 is 0 Å². The number of aromatic nitrogens is 2. The molecule has 1 heterocycles. The summed E-state index contributed by atoms with van der Waals surface area (Å²) in [6.07, 6.45) is 9.28. The van der Waals surface area contributed by atoms with Crippen LogP contribution in [0.1, 0.15) is 39.5 Å². The summed E-state index contributed by atoms with van der Waals surface area (Å²) in [4.78, 5) is 0. The molecule has 3 heteroatoms. The van der Waals surface area contributed by atoms with E-state index in [1.807, 2.05) is 6.20 Å². The third kappa shape index (κ3) is 3.98. The Bertz CT molecular complexity index is 258. The lowest BCUT2D eigenvalue weighted by Crippen LogP contribution is -2.10. The van der Waals surface area contributed by atoms with Crippen LogP contribution in [0.4, 0.5) is 0 Å². The maximum absolute atomic E-state index is 4.32. The number of rotatable bonds is 6. The van der Waals surface area contributed by atoms with Crippen LogP contribution in [0.15, 0.2) is 12.4 Å². The predicted octanol–water partition coefficient (Wildman–Crippen LogP) is 3.70. The van der Waals surface area contributed by atoms with Crippen molar-refractivity contribution in [1.29, 1.82) is 0 Å². The second-order valence-corrected chi connectivity index (χ2v) is 5.04. The Balaban J connectivity index is 2.40. The fourth-order valence-corrected chi connectivity index (χ4v) is 2.07. The van der Waals surface area contributed by atoms with Crippen molar-refractivity contribution in [3.05, 3.63) is 16.0 Å². The largest absolute Gasteiger partial charge is 0.271 e. The van der Waals surface area contributed by atoms with E-state index < -0.39 is 0 Å². The molecule has 1 unspecified atom stereocenters. The van der Waals surface area contributed by atoms with Gasteiger partial charge in [-0.2, -0.15) is 5.10 Å². The van der Waals surface area contributed by atoms with E-state index in [4.69, 9.17) is 0 Å². The zero-order valence-corrected chi connectivity index (χ0v) is 11.2. The molecule has 0 aliphatic carbocycles. The highest BCUT2D eigenvalue weighted by atomic mass is 127. The van der Waals surface area contributed by atoms with Gasteiger partial charge in [0, 0.05) is 12.7 Å². The van der Waals surface area contributed by atoms with Gasteiger partial charge in [0.15, 0.2) is 0 Å². The van der Waals surface area contributed by atoms with Gasteiger partial charge in [0.25, 0.3) is 0 Å². The number of nitrogens with zero attached hydrogens (tertiary/aromatic N) is 2. The van der Waals surface area contributed by atoms with Crippen molar-refractivity contribution in [1.82, 2.24) is 9.78 Å². The molecule has 2 nitrogen and oxygen atoms in total. The zero-order chi connectivity index (χ0) is 10.4. The van der Waals surface area contributed by atoms with E-state index in [9.17, 15) is 0 Å². The monoisotopic (exact) mass is 306 g/mol. The molecule has 0 aliphatic heterocycles. The van der Waals surface area contributed by atoms with Crippen molar-refractivity contribution >= 4 is 22.6 Å². The van der Waals surface area contributed by atoms with Crippen molar-refractivity contribution in [3.8, 4) is 0 Å². The van der Waals surface area contributed by atoms with Crippen LogP contribution in [0.2, 0.25) is 0 Å². The SMILES string of the molecule is CCCCC(CC)Cn1cc(I)cn1. The van der Waals surface area contributed by atoms with E-state index in [1.54, 1.807) is 0 Å². The first-order valence-corrected chi connectivity index (χ1v) is 6.52. The lowest BCUT2D eigenvalue weighted by atomic mass is 10.00. The zero-order valence-electron chi connectivity index (χ0n) is 9.04. The fraction of sp³-hybridized carbons (Fsp3) is 0.727. The Morgan fingerprint density at radius 3 is 2.79 bits per heavy atom. The normalized spacial score (nSPS) is 13.1. The molecule has 1 aromatic heterocycles. The molecule has 0 aliphatic rings. The lowest BCUT2D eigenvalue weighted by Gasteiger charge is -2.13. The maximum atomic E-state index is 4.32. The molecular formula is C11H19IN2.